The van der Waals surface area contributed by atoms with Gasteiger partial charge in [0, 0.05) is 30.5 Å². The topological polar surface area (TPSA) is 41.1 Å². The number of halogens is 1. The molecule has 0 unspecified atom stereocenters. The second-order valence-corrected chi connectivity index (χ2v) is 6.10. The Labute approximate surface area is 147 Å². The zero-order valence-corrected chi connectivity index (χ0v) is 14.5. The van der Waals surface area contributed by atoms with Crippen molar-refractivity contribution in [3.8, 4) is 0 Å². The molecule has 0 amide bonds. The number of rotatable bonds is 5. The van der Waals surface area contributed by atoms with Gasteiger partial charge in [-0.25, -0.2) is 4.98 Å². The number of aryl methyl sites for hydroxylation is 1. The van der Waals surface area contributed by atoms with Crippen LogP contribution < -0.4 is 10.2 Å². The molecule has 1 N–H and O–H groups in total. The van der Waals surface area contributed by atoms with E-state index < -0.39 is 0 Å². The lowest BCUT2D eigenvalue weighted by atomic mass is 10.2. The van der Waals surface area contributed by atoms with Crippen molar-refractivity contribution in [1.29, 1.82) is 0 Å². The van der Waals surface area contributed by atoms with Crippen molar-refractivity contribution >= 4 is 29.1 Å². The largest absolute Gasteiger partial charge is 0.355 e. The average molecular weight is 339 g/mol. The second kappa shape index (κ2) is 7.32. The van der Waals surface area contributed by atoms with E-state index in [0.29, 0.717) is 5.95 Å². The van der Waals surface area contributed by atoms with E-state index in [9.17, 15) is 0 Å². The van der Waals surface area contributed by atoms with Gasteiger partial charge >= 0.3 is 0 Å². The van der Waals surface area contributed by atoms with Gasteiger partial charge in [0.05, 0.1) is 0 Å². The zero-order valence-electron chi connectivity index (χ0n) is 13.7. The molecule has 0 aliphatic rings. The molecule has 3 aromatic rings. The highest BCUT2D eigenvalue weighted by molar-refractivity contribution is 6.30. The normalized spacial score (nSPS) is 10.5. The van der Waals surface area contributed by atoms with Crippen LogP contribution in [0.3, 0.4) is 0 Å². The predicted molar refractivity (Wildman–Crippen MR) is 100 cm³/mol. The summed E-state index contributed by atoms with van der Waals surface area (Å²) in [5.41, 5.74) is 3.23. The van der Waals surface area contributed by atoms with Crippen LogP contribution in [0, 0.1) is 6.92 Å². The Balaban J connectivity index is 1.76. The van der Waals surface area contributed by atoms with Gasteiger partial charge in [0.25, 0.3) is 0 Å². The van der Waals surface area contributed by atoms with Crippen molar-refractivity contribution < 1.29 is 0 Å². The number of hydrogen-bond acceptors (Lipinski definition) is 4. The Morgan fingerprint density at radius 2 is 1.88 bits per heavy atom. The smallest absolute Gasteiger partial charge is 0.229 e. The van der Waals surface area contributed by atoms with Crippen molar-refractivity contribution in [2.45, 2.75) is 13.5 Å². The number of hydrogen-bond donors (Lipinski definition) is 1. The number of aromatic nitrogens is 2. The standard InChI is InChI=1S/C19H19ClN4/c1-14-12-16(20)8-9-17(14)22-19-21-11-10-18(23-19)24(2)13-15-6-4-3-5-7-15/h3-12H,13H2,1-2H3,(H,21,22,23). The first kappa shape index (κ1) is 16.3. The maximum atomic E-state index is 6.00. The van der Waals surface area contributed by atoms with Crippen molar-refractivity contribution in [3.63, 3.8) is 0 Å². The average Bonchev–Trinajstić information content (AvgIpc) is 2.59. The van der Waals surface area contributed by atoms with Gasteiger partial charge in [-0.1, -0.05) is 41.9 Å². The molecule has 3 rings (SSSR count). The van der Waals surface area contributed by atoms with E-state index in [1.54, 1.807) is 6.20 Å². The highest BCUT2D eigenvalue weighted by Crippen LogP contribution is 2.23. The quantitative estimate of drug-likeness (QED) is 0.724. The molecule has 122 valence electrons. The third kappa shape index (κ3) is 4.03. The van der Waals surface area contributed by atoms with Crippen LogP contribution in [0.25, 0.3) is 0 Å². The van der Waals surface area contributed by atoms with Crippen LogP contribution in [0.2, 0.25) is 5.02 Å². The minimum absolute atomic E-state index is 0.567. The van der Waals surface area contributed by atoms with Crippen LogP contribution in [-0.2, 0) is 6.54 Å². The first-order valence-corrected chi connectivity index (χ1v) is 8.11. The van der Waals surface area contributed by atoms with E-state index >= 15 is 0 Å². The summed E-state index contributed by atoms with van der Waals surface area (Å²) >= 11 is 6.00. The molecule has 1 heterocycles. The Hall–Kier alpha value is -2.59. The SMILES string of the molecule is Cc1cc(Cl)ccc1Nc1nccc(N(C)Cc2ccccc2)n1. The Morgan fingerprint density at radius 3 is 2.62 bits per heavy atom. The lowest BCUT2D eigenvalue weighted by Gasteiger charge is -2.19. The fraction of sp³-hybridized carbons (Fsp3) is 0.158. The lowest BCUT2D eigenvalue weighted by molar-refractivity contribution is 0.893. The molecule has 0 aliphatic heterocycles. The highest BCUT2D eigenvalue weighted by Gasteiger charge is 2.07. The van der Waals surface area contributed by atoms with Crippen LogP contribution in [0.1, 0.15) is 11.1 Å². The molecule has 5 heteroatoms. The summed E-state index contributed by atoms with van der Waals surface area (Å²) in [6.45, 7) is 2.79. The maximum Gasteiger partial charge on any atom is 0.229 e. The van der Waals surface area contributed by atoms with Crippen LogP contribution >= 0.6 is 11.6 Å². The third-order valence-electron chi connectivity index (χ3n) is 3.73. The molecule has 0 atom stereocenters. The van der Waals surface area contributed by atoms with Gasteiger partial charge in [0.2, 0.25) is 5.95 Å². The second-order valence-electron chi connectivity index (χ2n) is 5.66. The van der Waals surface area contributed by atoms with E-state index in [2.05, 4.69) is 32.3 Å². The molecule has 0 aliphatic carbocycles. The Morgan fingerprint density at radius 1 is 1.08 bits per heavy atom. The maximum absolute atomic E-state index is 6.00. The molecule has 24 heavy (non-hydrogen) atoms. The Kier molecular flexibility index (Phi) is 4.96. The molecule has 2 aromatic carbocycles. The minimum Gasteiger partial charge on any atom is -0.355 e. The third-order valence-corrected chi connectivity index (χ3v) is 3.96. The van der Waals surface area contributed by atoms with Gasteiger partial charge in [0.15, 0.2) is 0 Å². The van der Waals surface area contributed by atoms with Crippen LogP contribution in [0.4, 0.5) is 17.5 Å². The number of anilines is 3. The van der Waals surface area contributed by atoms with Crippen LogP contribution in [0.5, 0.6) is 0 Å². The minimum atomic E-state index is 0.567. The fourth-order valence-electron chi connectivity index (χ4n) is 2.45. The summed E-state index contributed by atoms with van der Waals surface area (Å²) in [7, 11) is 2.02. The van der Waals surface area contributed by atoms with Gasteiger partial charge in [0.1, 0.15) is 5.82 Å². The van der Waals surface area contributed by atoms with Crippen molar-refractivity contribution in [2.24, 2.45) is 0 Å². The first-order valence-electron chi connectivity index (χ1n) is 7.73. The number of nitrogens with one attached hydrogen (secondary N) is 1. The predicted octanol–water partition coefficient (Wildman–Crippen LogP) is 4.82. The van der Waals surface area contributed by atoms with E-state index in [1.807, 2.05) is 56.4 Å². The summed E-state index contributed by atoms with van der Waals surface area (Å²) in [6.07, 6.45) is 1.76. The van der Waals surface area contributed by atoms with Crippen molar-refractivity contribution in [3.05, 3.63) is 76.9 Å². The number of nitrogens with zero attached hydrogens (tertiary/aromatic N) is 3. The molecular weight excluding hydrogens is 320 g/mol. The van der Waals surface area contributed by atoms with Gasteiger partial charge in [-0.3, -0.25) is 0 Å². The summed E-state index contributed by atoms with van der Waals surface area (Å²) in [5, 5.41) is 3.97. The molecule has 0 saturated heterocycles. The van der Waals surface area contributed by atoms with Gasteiger partial charge in [-0.2, -0.15) is 4.98 Å². The van der Waals surface area contributed by atoms with Gasteiger partial charge in [-0.15, -0.1) is 0 Å². The number of benzene rings is 2. The zero-order chi connectivity index (χ0) is 16.9. The molecular formula is C19H19ClN4. The lowest BCUT2D eigenvalue weighted by Crippen LogP contribution is -2.18. The monoisotopic (exact) mass is 338 g/mol. The van der Waals surface area contributed by atoms with E-state index in [4.69, 9.17) is 11.6 Å². The van der Waals surface area contributed by atoms with Gasteiger partial charge < -0.3 is 10.2 Å². The van der Waals surface area contributed by atoms with E-state index in [1.165, 1.54) is 5.56 Å². The summed E-state index contributed by atoms with van der Waals surface area (Å²) in [6, 6.07) is 17.9. The molecule has 0 radical (unpaired) electrons. The molecule has 0 saturated carbocycles. The fourth-order valence-corrected chi connectivity index (χ4v) is 2.67. The molecule has 0 fully saturated rings. The molecule has 0 bridgehead atoms. The van der Waals surface area contributed by atoms with Crippen molar-refractivity contribution in [1.82, 2.24) is 9.97 Å². The highest BCUT2D eigenvalue weighted by atomic mass is 35.5. The van der Waals surface area contributed by atoms with Crippen LogP contribution in [-0.4, -0.2) is 17.0 Å². The molecule has 4 nitrogen and oxygen atoms in total. The molecule has 1 aromatic heterocycles. The van der Waals surface area contributed by atoms with E-state index in [0.717, 1.165) is 28.6 Å². The van der Waals surface area contributed by atoms with E-state index in [-0.39, 0.29) is 0 Å². The Bertz CT molecular complexity index is 821. The summed E-state index contributed by atoms with van der Waals surface area (Å²) < 4.78 is 0. The summed E-state index contributed by atoms with van der Waals surface area (Å²) in [5.74, 6) is 1.43. The molecule has 0 spiro atoms. The van der Waals surface area contributed by atoms with Crippen LogP contribution in [0.15, 0.2) is 60.8 Å². The summed E-state index contributed by atoms with van der Waals surface area (Å²) in [4.78, 5) is 11.0. The van der Waals surface area contributed by atoms with Gasteiger partial charge in [-0.05, 0) is 42.3 Å². The first-order chi connectivity index (χ1) is 11.6. The van der Waals surface area contributed by atoms with Crippen molar-refractivity contribution in [2.75, 3.05) is 17.3 Å².